The van der Waals surface area contributed by atoms with Crippen LogP contribution in [0.15, 0.2) is 24.3 Å². The van der Waals surface area contributed by atoms with Crippen molar-refractivity contribution in [2.45, 2.75) is 38.1 Å². The van der Waals surface area contributed by atoms with Crippen molar-refractivity contribution in [2.24, 2.45) is 17.8 Å². The number of fused-ring (bicyclic) bond motifs is 2. The maximum absolute atomic E-state index is 12.8. The van der Waals surface area contributed by atoms with Crippen molar-refractivity contribution in [1.29, 1.82) is 0 Å². The standard InChI is InChI=1S/C22H29N3O2/c1-15-2-6-17(7-3-15)21(27)25-10-8-22(9-11-25)19-14-24(12-16-4-5-16)13-18(19)20(26)23-22/h2-3,6-7,16,18-19H,4-5,8-14H2,1H3,(H,23,26)/t18-,19+/m1/s1. The van der Waals surface area contributed by atoms with E-state index in [4.69, 9.17) is 0 Å². The molecule has 5 heteroatoms. The summed E-state index contributed by atoms with van der Waals surface area (Å²) in [5.41, 5.74) is 1.84. The molecule has 0 aromatic heterocycles. The molecule has 3 aliphatic heterocycles. The van der Waals surface area contributed by atoms with E-state index in [-0.39, 0.29) is 23.3 Å². The molecule has 4 fully saturated rings. The fraction of sp³-hybridized carbons (Fsp3) is 0.636. The highest BCUT2D eigenvalue weighted by Crippen LogP contribution is 2.45. The number of aryl methyl sites for hydroxylation is 1. The van der Waals surface area contributed by atoms with E-state index in [9.17, 15) is 9.59 Å². The maximum Gasteiger partial charge on any atom is 0.253 e. The number of hydrogen-bond acceptors (Lipinski definition) is 3. The van der Waals surface area contributed by atoms with Gasteiger partial charge in [0.25, 0.3) is 5.91 Å². The van der Waals surface area contributed by atoms with Gasteiger partial charge >= 0.3 is 0 Å². The van der Waals surface area contributed by atoms with Crippen molar-refractivity contribution in [3.8, 4) is 0 Å². The van der Waals surface area contributed by atoms with Crippen LogP contribution in [-0.4, -0.2) is 59.9 Å². The lowest BCUT2D eigenvalue weighted by Crippen LogP contribution is -2.56. The van der Waals surface area contributed by atoms with Crippen LogP contribution in [0.25, 0.3) is 0 Å². The molecule has 1 aromatic rings. The molecule has 3 heterocycles. The Kier molecular flexibility index (Phi) is 4.04. The van der Waals surface area contributed by atoms with Gasteiger partial charge in [0.2, 0.25) is 5.91 Å². The van der Waals surface area contributed by atoms with E-state index in [1.165, 1.54) is 24.9 Å². The second-order valence-corrected chi connectivity index (χ2v) is 9.18. The van der Waals surface area contributed by atoms with E-state index in [2.05, 4.69) is 10.2 Å². The molecule has 0 radical (unpaired) electrons. The van der Waals surface area contributed by atoms with Gasteiger partial charge in [0, 0.05) is 49.7 Å². The number of carbonyl (C=O) groups is 2. The Labute approximate surface area is 161 Å². The maximum atomic E-state index is 12.8. The van der Waals surface area contributed by atoms with Crippen LogP contribution in [0.4, 0.5) is 0 Å². The normalized spacial score (nSPS) is 29.8. The molecule has 3 saturated heterocycles. The molecule has 1 aliphatic carbocycles. The minimum absolute atomic E-state index is 0.0931. The van der Waals surface area contributed by atoms with Crippen LogP contribution in [0.3, 0.4) is 0 Å². The fourth-order valence-electron chi connectivity index (χ4n) is 5.44. The van der Waals surface area contributed by atoms with E-state index in [1.54, 1.807) is 0 Å². The summed E-state index contributed by atoms with van der Waals surface area (Å²) in [5.74, 6) is 1.81. The molecule has 0 bridgehead atoms. The van der Waals surface area contributed by atoms with Crippen LogP contribution in [0, 0.1) is 24.7 Å². The van der Waals surface area contributed by atoms with Gasteiger partial charge in [-0.15, -0.1) is 0 Å². The van der Waals surface area contributed by atoms with Gasteiger partial charge in [0.15, 0.2) is 0 Å². The van der Waals surface area contributed by atoms with E-state index in [1.807, 2.05) is 36.1 Å². The van der Waals surface area contributed by atoms with E-state index >= 15 is 0 Å². The number of nitrogens with zero attached hydrogens (tertiary/aromatic N) is 2. The van der Waals surface area contributed by atoms with Crippen molar-refractivity contribution >= 4 is 11.8 Å². The molecule has 4 aliphatic rings. The van der Waals surface area contributed by atoms with E-state index < -0.39 is 0 Å². The lowest BCUT2D eigenvalue weighted by Gasteiger charge is -2.42. The summed E-state index contributed by atoms with van der Waals surface area (Å²) in [7, 11) is 0. The van der Waals surface area contributed by atoms with E-state index in [0.29, 0.717) is 5.92 Å². The van der Waals surface area contributed by atoms with Crippen LogP contribution in [0.5, 0.6) is 0 Å². The summed E-state index contributed by atoms with van der Waals surface area (Å²) < 4.78 is 0. The molecule has 1 aromatic carbocycles. The number of hydrogen-bond donors (Lipinski definition) is 1. The quantitative estimate of drug-likeness (QED) is 0.890. The molecular weight excluding hydrogens is 338 g/mol. The van der Waals surface area contributed by atoms with E-state index in [0.717, 1.165) is 50.5 Å². The Bertz CT molecular complexity index is 747. The van der Waals surface area contributed by atoms with Gasteiger partial charge in [-0.1, -0.05) is 17.7 Å². The van der Waals surface area contributed by atoms with Gasteiger partial charge in [0.1, 0.15) is 0 Å². The Morgan fingerprint density at radius 3 is 2.52 bits per heavy atom. The Morgan fingerprint density at radius 2 is 1.85 bits per heavy atom. The molecule has 1 N–H and O–H groups in total. The van der Waals surface area contributed by atoms with Crippen LogP contribution in [-0.2, 0) is 4.79 Å². The number of carbonyl (C=O) groups excluding carboxylic acids is 2. The average molecular weight is 367 g/mol. The first-order chi connectivity index (χ1) is 13.0. The fourth-order valence-corrected chi connectivity index (χ4v) is 5.44. The van der Waals surface area contributed by atoms with Crippen molar-refractivity contribution in [2.75, 3.05) is 32.7 Å². The van der Waals surface area contributed by atoms with Gasteiger partial charge in [-0.2, -0.15) is 0 Å². The zero-order valence-electron chi connectivity index (χ0n) is 16.1. The highest BCUT2D eigenvalue weighted by atomic mass is 16.2. The Morgan fingerprint density at radius 1 is 1.15 bits per heavy atom. The average Bonchev–Trinajstić information content (AvgIpc) is 3.31. The zero-order chi connectivity index (χ0) is 18.6. The summed E-state index contributed by atoms with van der Waals surface area (Å²) in [4.78, 5) is 29.9. The first-order valence-corrected chi connectivity index (χ1v) is 10.4. The Balaban J connectivity index is 1.25. The first-order valence-electron chi connectivity index (χ1n) is 10.4. The summed E-state index contributed by atoms with van der Waals surface area (Å²) in [6.07, 6.45) is 4.49. The lowest BCUT2D eigenvalue weighted by molar-refractivity contribution is -0.123. The SMILES string of the molecule is Cc1ccc(C(=O)N2CCC3(CC2)NC(=O)[C@@H]2CN(CC4CC4)C[C@@H]23)cc1. The van der Waals surface area contributed by atoms with Gasteiger partial charge < -0.3 is 15.1 Å². The van der Waals surface area contributed by atoms with Gasteiger partial charge in [-0.3, -0.25) is 9.59 Å². The summed E-state index contributed by atoms with van der Waals surface area (Å²) in [6.45, 7) is 6.66. The number of piperidine rings is 1. The summed E-state index contributed by atoms with van der Waals surface area (Å²) in [6, 6.07) is 7.82. The third kappa shape index (κ3) is 3.06. The third-order valence-corrected chi connectivity index (χ3v) is 7.27. The predicted octanol–water partition coefficient (Wildman–Crippen LogP) is 2.06. The number of rotatable bonds is 3. The minimum atomic E-state index is -0.0931. The second kappa shape index (κ2) is 6.33. The molecular formula is C22H29N3O2. The Hall–Kier alpha value is -1.88. The van der Waals surface area contributed by atoms with Gasteiger partial charge in [-0.25, -0.2) is 0 Å². The largest absolute Gasteiger partial charge is 0.350 e. The number of nitrogens with one attached hydrogen (secondary N) is 1. The van der Waals surface area contributed by atoms with Crippen molar-refractivity contribution in [3.63, 3.8) is 0 Å². The topological polar surface area (TPSA) is 52.7 Å². The van der Waals surface area contributed by atoms with Crippen LogP contribution >= 0.6 is 0 Å². The van der Waals surface area contributed by atoms with Crippen LogP contribution in [0.1, 0.15) is 41.6 Å². The first kappa shape index (κ1) is 17.2. The summed E-state index contributed by atoms with van der Waals surface area (Å²) >= 11 is 0. The smallest absolute Gasteiger partial charge is 0.253 e. The summed E-state index contributed by atoms with van der Waals surface area (Å²) in [5, 5.41) is 3.36. The molecule has 1 spiro atoms. The van der Waals surface area contributed by atoms with Crippen molar-refractivity contribution < 1.29 is 9.59 Å². The minimum Gasteiger partial charge on any atom is -0.350 e. The highest BCUT2D eigenvalue weighted by molar-refractivity contribution is 5.94. The molecule has 2 atom stereocenters. The van der Waals surface area contributed by atoms with Crippen LogP contribution in [0.2, 0.25) is 0 Å². The molecule has 144 valence electrons. The molecule has 5 rings (SSSR count). The van der Waals surface area contributed by atoms with Crippen molar-refractivity contribution in [1.82, 2.24) is 15.1 Å². The predicted molar refractivity (Wildman–Crippen MR) is 103 cm³/mol. The molecule has 1 saturated carbocycles. The van der Waals surface area contributed by atoms with Gasteiger partial charge in [0.05, 0.1) is 5.92 Å². The van der Waals surface area contributed by atoms with Crippen molar-refractivity contribution in [3.05, 3.63) is 35.4 Å². The molecule has 27 heavy (non-hydrogen) atoms. The molecule has 0 unspecified atom stereocenters. The number of amides is 2. The van der Waals surface area contributed by atoms with Crippen LogP contribution < -0.4 is 5.32 Å². The van der Waals surface area contributed by atoms with Gasteiger partial charge in [-0.05, 0) is 50.7 Å². The second-order valence-electron chi connectivity index (χ2n) is 9.18. The third-order valence-electron chi connectivity index (χ3n) is 7.27. The number of likely N-dealkylation sites (tertiary alicyclic amines) is 2. The lowest BCUT2D eigenvalue weighted by atomic mass is 9.75. The highest BCUT2D eigenvalue weighted by Gasteiger charge is 2.57. The molecule has 2 amide bonds. The number of benzene rings is 1. The monoisotopic (exact) mass is 367 g/mol. The molecule has 5 nitrogen and oxygen atoms in total. The zero-order valence-corrected chi connectivity index (χ0v) is 16.1.